The molecule has 21 heavy (non-hydrogen) atoms. The van der Waals surface area contributed by atoms with Crippen molar-refractivity contribution < 1.29 is 4.79 Å². The Hall–Kier alpha value is -2.48. The Morgan fingerprint density at radius 3 is 2.14 bits per heavy atom. The first kappa shape index (κ1) is 13.5. The van der Waals surface area contributed by atoms with Crippen LogP contribution in [0, 0.1) is 5.92 Å². The van der Waals surface area contributed by atoms with E-state index in [2.05, 4.69) is 29.3 Å². The predicted octanol–water partition coefficient (Wildman–Crippen LogP) is 3.63. The van der Waals surface area contributed by atoms with E-state index in [-0.39, 0.29) is 11.7 Å². The van der Waals surface area contributed by atoms with Gasteiger partial charge < -0.3 is 0 Å². The monoisotopic (exact) mass is 275 g/mol. The molecule has 0 spiro atoms. The number of nitrogens with zero attached hydrogens (tertiary/aromatic N) is 1. The third-order valence-electron chi connectivity index (χ3n) is 3.74. The van der Waals surface area contributed by atoms with Crippen molar-refractivity contribution in [3.05, 3.63) is 84.1 Å². The van der Waals surface area contributed by atoms with E-state index in [0.29, 0.717) is 0 Å². The van der Waals surface area contributed by atoms with Gasteiger partial charge >= 0.3 is 0 Å². The molecule has 1 atom stereocenters. The van der Waals surface area contributed by atoms with Crippen LogP contribution >= 0.6 is 0 Å². The predicted molar refractivity (Wildman–Crippen MR) is 85.4 cm³/mol. The highest BCUT2D eigenvalue weighted by Crippen LogP contribution is 2.18. The summed E-state index contributed by atoms with van der Waals surface area (Å²) in [5, 5.41) is 0. The molecule has 2 aromatic carbocycles. The Morgan fingerprint density at radius 1 is 0.857 bits per heavy atom. The van der Waals surface area contributed by atoms with E-state index >= 15 is 0 Å². The molecule has 1 unspecified atom stereocenters. The first-order valence-corrected chi connectivity index (χ1v) is 7.18. The summed E-state index contributed by atoms with van der Waals surface area (Å²) in [6.07, 6.45) is 4.66. The average Bonchev–Trinajstić information content (AvgIpc) is 2.53. The van der Waals surface area contributed by atoms with Crippen molar-refractivity contribution in [3.63, 3.8) is 0 Å². The molecule has 3 rings (SSSR count). The third kappa shape index (κ3) is 3.34. The lowest BCUT2D eigenvalue weighted by Crippen LogP contribution is -2.28. The van der Waals surface area contributed by atoms with Gasteiger partial charge in [-0.3, -0.25) is 9.79 Å². The highest BCUT2D eigenvalue weighted by atomic mass is 16.1. The van der Waals surface area contributed by atoms with Gasteiger partial charge in [0.1, 0.15) is 0 Å². The van der Waals surface area contributed by atoms with Crippen molar-refractivity contribution in [2.45, 2.75) is 12.8 Å². The van der Waals surface area contributed by atoms with Gasteiger partial charge in [0.2, 0.25) is 0 Å². The van der Waals surface area contributed by atoms with E-state index in [9.17, 15) is 4.79 Å². The van der Waals surface area contributed by atoms with Crippen LogP contribution in [0.2, 0.25) is 0 Å². The first-order chi connectivity index (χ1) is 10.3. The highest BCUT2D eigenvalue weighted by molar-refractivity contribution is 6.12. The quantitative estimate of drug-likeness (QED) is 0.838. The van der Waals surface area contributed by atoms with E-state index < -0.39 is 0 Å². The minimum Gasteiger partial charge on any atom is -0.294 e. The Balaban J connectivity index is 1.81. The maximum absolute atomic E-state index is 12.2. The van der Waals surface area contributed by atoms with Crippen LogP contribution in [0.15, 0.2) is 77.9 Å². The molecular weight excluding hydrogens is 258 g/mol. The van der Waals surface area contributed by atoms with Crippen LogP contribution in [-0.4, -0.2) is 11.5 Å². The van der Waals surface area contributed by atoms with Gasteiger partial charge in [-0.15, -0.1) is 0 Å². The molecular formula is C19H17NO. The second kappa shape index (κ2) is 6.31. The molecule has 0 bridgehead atoms. The smallest absolute Gasteiger partial charge is 0.166 e. The number of ketones is 1. The van der Waals surface area contributed by atoms with E-state index in [1.807, 2.05) is 36.4 Å². The SMILES string of the molecule is O=C1C=CN=C(Cc2ccccc2)C1Cc1ccccc1. The number of benzene rings is 2. The molecule has 0 amide bonds. The maximum atomic E-state index is 12.2. The van der Waals surface area contributed by atoms with E-state index in [1.54, 1.807) is 12.3 Å². The number of rotatable bonds is 4. The van der Waals surface area contributed by atoms with Crippen LogP contribution in [0.1, 0.15) is 11.1 Å². The van der Waals surface area contributed by atoms with Crippen molar-refractivity contribution in [2.24, 2.45) is 10.9 Å². The zero-order chi connectivity index (χ0) is 14.5. The van der Waals surface area contributed by atoms with Gasteiger partial charge in [0.05, 0.1) is 5.92 Å². The lowest BCUT2D eigenvalue weighted by Gasteiger charge is -2.19. The van der Waals surface area contributed by atoms with Crippen molar-refractivity contribution in [1.82, 2.24) is 0 Å². The van der Waals surface area contributed by atoms with E-state index in [0.717, 1.165) is 18.6 Å². The summed E-state index contributed by atoms with van der Waals surface area (Å²) in [6.45, 7) is 0. The van der Waals surface area contributed by atoms with Crippen molar-refractivity contribution in [3.8, 4) is 0 Å². The van der Waals surface area contributed by atoms with Crippen LogP contribution in [0.4, 0.5) is 0 Å². The van der Waals surface area contributed by atoms with E-state index in [1.165, 1.54) is 11.1 Å². The fraction of sp³-hybridized carbons (Fsp3) is 0.158. The lowest BCUT2D eigenvalue weighted by atomic mass is 9.86. The van der Waals surface area contributed by atoms with Crippen LogP contribution in [0.25, 0.3) is 0 Å². The summed E-state index contributed by atoms with van der Waals surface area (Å²) in [7, 11) is 0. The average molecular weight is 275 g/mol. The first-order valence-electron chi connectivity index (χ1n) is 7.18. The van der Waals surface area contributed by atoms with Crippen LogP contribution in [0.5, 0.6) is 0 Å². The number of hydrogen-bond acceptors (Lipinski definition) is 2. The molecule has 1 heterocycles. The van der Waals surface area contributed by atoms with Crippen LogP contribution in [-0.2, 0) is 17.6 Å². The van der Waals surface area contributed by atoms with Crippen molar-refractivity contribution >= 4 is 11.5 Å². The largest absolute Gasteiger partial charge is 0.294 e. The fourth-order valence-corrected chi connectivity index (χ4v) is 2.62. The Kier molecular flexibility index (Phi) is 4.06. The molecule has 0 radical (unpaired) electrons. The number of carbonyl (C=O) groups is 1. The van der Waals surface area contributed by atoms with E-state index in [4.69, 9.17) is 0 Å². The molecule has 1 aliphatic rings. The standard InChI is InChI=1S/C19H17NO/c21-19-11-12-20-18(14-16-9-5-2-6-10-16)17(19)13-15-7-3-1-4-8-15/h1-12,17H,13-14H2. The number of carbonyl (C=O) groups excluding carboxylic acids is 1. The molecule has 0 saturated heterocycles. The minimum atomic E-state index is -0.141. The molecule has 0 fully saturated rings. The highest BCUT2D eigenvalue weighted by Gasteiger charge is 2.25. The Morgan fingerprint density at radius 2 is 1.48 bits per heavy atom. The van der Waals surface area contributed by atoms with Gasteiger partial charge in [-0.1, -0.05) is 60.7 Å². The summed E-state index contributed by atoms with van der Waals surface area (Å²) in [6, 6.07) is 20.3. The van der Waals surface area contributed by atoms with Gasteiger partial charge in [-0.2, -0.15) is 0 Å². The van der Waals surface area contributed by atoms with Gasteiger partial charge in [0, 0.05) is 24.4 Å². The number of aliphatic imine (C=N–C) groups is 1. The lowest BCUT2D eigenvalue weighted by molar-refractivity contribution is -0.116. The normalized spacial score (nSPS) is 17.6. The molecule has 0 saturated carbocycles. The van der Waals surface area contributed by atoms with Gasteiger partial charge in [0.25, 0.3) is 0 Å². The van der Waals surface area contributed by atoms with Crippen LogP contribution in [0.3, 0.4) is 0 Å². The van der Waals surface area contributed by atoms with Crippen molar-refractivity contribution in [1.29, 1.82) is 0 Å². The summed E-state index contributed by atoms with van der Waals surface area (Å²) < 4.78 is 0. The molecule has 1 aliphatic heterocycles. The molecule has 0 N–H and O–H groups in total. The molecule has 104 valence electrons. The molecule has 0 aromatic heterocycles. The minimum absolute atomic E-state index is 0.141. The van der Waals surface area contributed by atoms with Gasteiger partial charge in [-0.05, 0) is 17.5 Å². The Bertz CT molecular complexity index is 671. The fourth-order valence-electron chi connectivity index (χ4n) is 2.62. The number of hydrogen-bond donors (Lipinski definition) is 0. The number of allylic oxidation sites excluding steroid dienone is 1. The summed E-state index contributed by atoms with van der Waals surface area (Å²) in [4.78, 5) is 16.7. The third-order valence-corrected chi connectivity index (χ3v) is 3.74. The summed E-state index contributed by atoms with van der Waals surface area (Å²) >= 11 is 0. The second-order valence-electron chi connectivity index (χ2n) is 5.24. The van der Waals surface area contributed by atoms with Gasteiger partial charge in [0.15, 0.2) is 5.78 Å². The van der Waals surface area contributed by atoms with Crippen LogP contribution < -0.4 is 0 Å². The second-order valence-corrected chi connectivity index (χ2v) is 5.24. The zero-order valence-corrected chi connectivity index (χ0v) is 11.8. The summed E-state index contributed by atoms with van der Waals surface area (Å²) in [5.41, 5.74) is 3.32. The zero-order valence-electron chi connectivity index (χ0n) is 11.8. The van der Waals surface area contributed by atoms with Crippen molar-refractivity contribution in [2.75, 3.05) is 0 Å². The molecule has 2 nitrogen and oxygen atoms in total. The van der Waals surface area contributed by atoms with Gasteiger partial charge in [-0.25, -0.2) is 0 Å². The molecule has 0 aliphatic carbocycles. The maximum Gasteiger partial charge on any atom is 0.166 e. The Labute approximate surface area is 124 Å². The summed E-state index contributed by atoms with van der Waals surface area (Å²) in [5.74, 6) is 0.0115. The molecule has 2 heteroatoms. The molecule has 2 aromatic rings. The topological polar surface area (TPSA) is 29.4 Å².